The normalized spacial score (nSPS) is 19.1. The molecule has 1 N–H and O–H groups in total. The van der Waals surface area contributed by atoms with Crippen molar-refractivity contribution in [3.05, 3.63) is 11.9 Å². The van der Waals surface area contributed by atoms with Crippen LogP contribution in [0.1, 0.15) is 39.4 Å². The molecule has 1 aromatic heterocycles. The van der Waals surface area contributed by atoms with Crippen molar-refractivity contribution in [1.82, 2.24) is 9.97 Å². The first kappa shape index (κ1) is 15.0. The Morgan fingerprint density at radius 2 is 2.20 bits per heavy atom. The van der Waals surface area contributed by atoms with Crippen LogP contribution in [0.4, 0.5) is 11.6 Å². The molecular weight excluding hydrogens is 252 g/mol. The smallest absolute Gasteiger partial charge is 0.134 e. The summed E-state index contributed by atoms with van der Waals surface area (Å²) in [5.74, 6) is 2.90. The number of hydrogen-bond acceptors (Lipinski definition) is 5. The van der Waals surface area contributed by atoms with E-state index >= 15 is 0 Å². The van der Waals surface area contributed by atoms with Crippen molar-refractivity contribution in [2.45, 2.75) is 46.1 Å². The highest BCUT2D eigenvalue weighted by atomic mass is 16.5. The Balaban J connectivity index is 2.27. The lowest BCUT2D eigenvalue weighted by molar-refractivity contribution is 0.0925. The molecule has 5 heteroatoms. The molecule has 20 heavy (non-hydrogen) atoms. The molecule has 0 saturated carbocycles. The summed E-state index contributed by atoms with van der Waals surface area (Å²) in [5, 5.41) is 3.31. The van der Waals surface area contributed by atoms with Crippen LogP contribution in [0.15, 0.2) is 6.07 Å². The molecule has 1 aromatic rings. The second-order valence-electron chi connectivity index (χ2n) is 5.14. The van der Waals surface area contributed by atoms with E-state index in [2.05, 4.69) is 42.0 Å². The maximum Gasteiger partial charge on any atom is 0.134 e. The van der Waals surface area contributed by atoms with E-state index in [-0.39, 0.29) is 0 Å². The van der Waals surface area contributed by atoms with Crippen molar-refractivity contribution < 1.29 is 4.74 Å². The fraction of sp³-hybridized carbons (Fsp3) is 0.733. The topological polar surface area (TPSA) is 50.3 Å². The fourth-order valence-corrected chi connectivity index (χ4v) is 2.53. The highest BCUT2D eigenvalue weighted by Gasteiger charge is 2.23. The van der Waals surface area contributed by atoms with Gasteiger partial charge in [-0.15, -0.1) is 0 Å². The minimum atomic E-state index is 0.419. The SMILES string of the molecule is CCCc1nc(NCC)cc(N2CCOCC2CC)n1. The van der Waals surface area contributed by atoms with E-state index in [0.717, 1.165) is 63.0 Å². The second kappa shape index (κ2) is 7.43. The van der Waals surface area contributed by atoms with Crippen LogP contribution in [0.3, 0.4) is 0 Å². The van der Waals surface area contributed by atoms with E-state index in [1.807, 2.05) is 0 Å². The largest absolute Gasteiger partial charge is 0.377 e. The summed E-state index contributed by atoms with van der Waals surface area (Å²) in [6.45, 7) is 9.80. The summed E-state index contributed by atoms with van der Waals surface area (Å²) >= 11 is 0. The van der Waals surface area contributed by atoms with E-state index in [4.69, 9.17) is 9.72 Å². The summed E-state index contributed by atoms with van der Waals surface area (Å²) in [6, 6.07) is 2.49. The molecule has 0 aromatic carbocycles. The van der Waals surface area contributed by atoms with E-state index in [1.165, 1.54) is 0 Å². The molecule has 2 rings (SSSR count). The maximum absolute atomic E-state index is 5.58. The number of nitrogens with one attached hydrogen (secondary N) is 1. The highest BCUT2D eigenvalue weighted by Crippen LogP contribution is 2.22. The number of ether oxygens (including phenoxy) is 1. The zero-order chi connectivity index (χ0) is 14.4. The van der Waals surface area contributed by atoms with Crippen molar-refractivity contribution in [1.29, 1.82) is 0 Å². The molecule has 0 amide bonds. The second-order valence-corrected chi connectivity index (χ2v) is 5.14. The predicted molar refractivity (Wildman–Crippen MR) is 82.4 cm³/mol. The van der Waals surface area contributed by atoms with E-state index in [1.54, 1.807) is 0 Å². The average molecular weight is 278 g/mol. The molecule has 0 bridgehead atoms. The van der Waals surface area contributed by atoms with Gasteiger partial charge in [0.05, 0.1) is 19.3 Å². The lowest BCUT2D eigenvalue weighted by atomic mass is 10.2. The van der Waals surface area contributed by atoms with Gasteiger partial charge in [-0.05, 0) is 19.8 Å². The van der Waals surface area contributed by atoms with Crippen LogP contribution >= 0.6 is 0 Å². The quantitative estimate of drug-likeness (QED) is 0.866. The number of hydrogen-bond donors (Lipinski definition) is 1. The average Bonchev–Trinajstić information content (AvgIpc) is 2.47. The maximum atomic E-state index is 5.58. The van der Waals surface area contributed by atoms with Gasteiger partial charge in [-0.1, -0.05) is 13.8 Å². The van der Waals surface area contributed by atoms with Crippen LogP contribution < -0.4 is 10.2 Å². The Bertz CT molecular complexity index is 400. The van der Waals surface area contributed by atoms with Crippen molar-refractivity contribution in [2.75, 3.05) is 36.5 Å². The number of morpholine rings is 1. The minimum absolute atomic E-state index is 0.419. The lowest BCUT2D eigenvalue weighted by Gasteiger charge is -2.36. The van der Waals surface area contributed by atoms with Gasteiger partial charge in [-0.25, -0.2) is 9.97 Å². The van der Waals surface area contributed by atoms with Gasteiger partial charge < -0.3 is 15.0 Å². The molecule has 1 aliphatic heterocycles. The molecule has 0 spiro atoms. The van der Waals surface area contributed by atoms with Gasteiger partial charge in [0.25, 0.3) is 0 Å². The molecule has 1 saturated heterocycles. The van der Waals surface area contributed by atoms with Gasteiger partial charge in [0.2, 0.25) is 0 Å². The van der Waals surface area contributed by atoms with Crippen LogP contribution in [0, 0.1) is 0 Å². The number of anilines is 2. The number of aromatic nitrogens is 2. The highest BCUT2D eigenvalue weighted by molar-refractivity contribution is 5.50. The van der Waals surface area contributed by atoms with Gasteiger partial charge in [-0.3, -0.25) is 0 Å². The van der Waals surface area contributed by atoms with Crippen molar-refractivity contribution in [2.24, 2.45) is 0 Å². The van der Waals surface area contributed by atoms with Crippen molar-refractivity contribution in [3.63, 3.8) is 0 Å². The molecule has 1 fully saturated rings. The van der Waals surface area contributed by atoms with Gasteiger partial charge in [-0.2, -0.15) is 0 Å². The van der Waals surface area contributed by atoms with Gasteiger partial charge in [0.15, 0.2) is 0 Å². The van der Waals surface area contributed by atoms with Gasteiger partial charge >= 0.3 is 0 Å². The molecular formula is C15H26N4O. The predicted octanol–water partition coefficient (Wildman–Crippen LogP) is 2.48. The molecule has 0 aliphatic carbocycles. The lowest BCUT2D eigenvalue weighted by Crippen LogP contribution is -2.45. The third-order valence-corrected chi connectivity index (χ3v) is 3.58. The van der Waals surface area contributed by atoms with E-state index in [0.29, 0.717) is 6.04 Å². The van der Waals surface area contributed by atoms with E-state index < -0.39 is 0 Å². The Morgan fingerprint density at radius 1 is 1.35 bits per heavy atom. The summed E-state index contributed by atoms with van der Waals surface area (Å²) in [4.78, 5) is 11.7. The van der Waals surface area contributed by atoms with Crippen molar-refractivity contribution >= 4 is 11.6 Å². The number of nitrogens with zero attached hydrogens (tertiary/aromatic N) is 3. The zero-order valence-corrected chi connectivity index (χ0v) is 12.9. The van der Waals surface area contributed by atoms with Crippen LogP contribution in [0.5, 0.6) is 0 Å². The summed E-state index contributed by atoms with van der Waals surface area (Å²) < 4.78 is 5.58. The Hall–Kier alpha value is -1.36. The number of rotatable bonds is 6. The monoisotopic (exact) mass is 278 g/mol. The molecule has 1 atom stereocenters. The third kappa shape index (κ3) is 3.60. The first-order valence-corrected chi connectivity index (χ1v) is 7.74. The minimum Gasteiger partial charge on any atom is -0.377 e. The Morgan fingerprint density at radius 3 is 2.90 bits per heavy atom. The molecule has 2 heterocycles. The van der Waals surface area contributed by atoms with Crippen LogP contribution in [0.25, 0.3) is 0 Å². The van der Waals surface area contributed by atoms with E-state index in [9.17, 15) is 0 Å². The standard InChI is InChI=1S/C15H26N4O/c1-4-7-13-17-14(16-6-3)10-15(18-13)19-8-9-20-11-12(19)5-2/h10,12H,4-9,11H2,1-3H3,(H,16,17,18). The molecule has 1 unspecified atom stereocenters. The molecule has 5 nitrogen and oxygen atoms in total. The summed E-state index contributed by atoms with van der Waals surface area (Å²) in [5.41, 5.74) is 0. The third-order valence-electron chi connectivity index (χ3n) is 3.58. The van der Waals surface area contributed by atoms with Crippen LogP contribution in [0.2, 0.25) is 0 Å². The summed E-state index contributed by atoms with van der Waals surface area (Å²) in [6.07, 6.45) is 3.06. The number of aryl methyl sites for hydroxylation is 1. The van der Waals surface area contributed by atoms with Gasteiger partial charge in [0.1, 0.15) is 17.5 Å². The summed E-state index contributed by atoms with van der Waals surface area (Å²) in [7, 11) is 0. The van der Waals surface area contributed by atoms with Gasteiger partial charge in [0, 0.05) is 25.6 Å². The van der Waals surface area contributed by atoms with Crippen LogP contribution in [-0.2, 0) is 11.2 Å². The molecule has 1 aliphatic rings. The zero-order valence-electron chi connectivity index (χ0n) is 12.9. The first-order chi connectivity index (χ1) is 9.78. The Labute approximate surface area is 121 Å². The Kier molecular flexibility index (Phi) is 5.59. The van der Waals surface area contributed by atoms with Crippen molar-refractivity contribution in [3.8, 4) is 0 Å². The molecule has 112 valence electrons. The molecule has 0 radical (unpaired) electrons. The van der Waals surface area contributed by atoms with Crippen LogP contribution in [-0.4, -0.2) is 42.3 Å². The first-order valence-electron chi connectivity index (χ1n) is 7.74. The fourth-order valence-electron chi connectivity index (χ4n) is 2.53.